The van der Waals surface area contributed by atoms with E-state index in [1.807, 2.05) is 24.3 Å². The molecule has 0 aromatic heterocycles. The van der Waals surface area contributed by atoms with E-state index in [1.54, 1.807) is 31.2 Å². The van der Waals surface area contributed by atoms with Gasteiger partial charge in [-0.15, -0.1) is 0 Å². The summed E-state index contributed by atoms with van der Waals surface area (Å²) >= 11 is 6.76. The van der Waals surface area contributed by atoms with Crippen LogP contribution >= 0.6 is 31.9 Å². The largest absolute Gasteiger partial charge is 0.373 e. The third kappa shape index (κ3) is 3.01. The quantitative estimate of drug-likeness (QED) is 0.673. The Bertz CT molecular complexity index is 761. The monoisotopic (exact) mass is 466 g/mol. The molecule has 7 heteroatoms. The van der Waals surface area contributed by atoms with E-state index in [2.05, 4.69) is 37.2 Å². The third-order valence-electron chi connectivity index (χ3n) is 4.27. The first-order valence-electron chi connectivity index (χ1n) is 7.76. The molecule has 0 bridgehead atoms. The van der Waals surface area contributed by atoms with Crippen LogP contribution in [0.4, 0.5) is 4.79 Å². The summed E-state index contributed by atoms with van der Waals surface area (Å²) in [6.07, 6.45) is -0.907. The van der Waals surface area contributed by atoms with E-state index in [-0.39, 0.29) is 6.42 Å². The number of carbonyl (C=O) groups is 2. The molecule has 25 heavy (non-hydrogen) atoms. The molecule has 2 aromatic carbocycles. The van der Waals surface area contributed by atoms with E-state index in [4.69, 9.17) is 0 Å². The van der Waals surface area contributed by atoms with Gasteiger partial charge in [0, 0.05) is 8.95 Å². The normalized spacial score (nSPS) is 17.5. The van der Waals surface area contributed by atoms with E-state index >= 15 is 0 Å². The van der Waals surface area contributed by atoms with Gasteiger partial charge >= 0.3 is 6.03 Å². The standard InChI is InChI=1S/C18H16Br2N2O3/c1-2-15(23)22-16(24)18(21-17(22)25,11-3-7-13(19)8-4-11)12-5-9-14(20)10-6-12/h3-10,15,23H,2H2,1H3,(H,21,25). The molecule has 0 radical (unpaired) electrons. The topological polar surface area (TPSA) is 69.6 Å². The van der Waals surface area contributed by atoms with Crippen LogP contribution in [0, 0.1) is 0 Å². The molecule has 130 valence electrons. The summed E-state index contributed by atoms with van der Waals surface area (Å²) in [7, 11) is 0. The highest BCUT2D eigenvalue weighted by atomic mass is 79.9. The van der Waals surface area contributed by atoms with Crippen molar-refractivity contribution in [1.82, 2.24) is 10.2 Å². The molecule has 3 amide bonds. The number of nitrogens with one attached hydrogen (secondary N) is 1. The van der Waals surface area contributed by atoms with Crippen LogP contribution in [0.15, 0.2) is 57.5 Å². The minimum absolute atomic E-state index is 0.260. The zero-order valence-corrected chi connectivity index (χ0v) is 16.5. The van der Waals surface area contributed by atoms with Crippen LogP contribution in [0.1, 0.15) is 24.5 Å². The lowest BCUT2D eigenvalue weighted by Gasteiger charge is -2.28. The Morgan fingerprint density at radius 1 is 1.00 bits per heavy atom. The van der Waals surface area contributed by atoms with Gasteiger partial charge in [0.05, 0.1) is 0 Å². The van der Waals surface area contributed by atoms with Crippen molar-refractivity contribution in [1.29, 1.82) is 0 Å². The fourth-order valence-corrected chi connectivity index (χ4v) is 3.49. The Kier molecular flexibility index (Phi) is 4.99. The van der Waals surface area contributed by atoms with Gasteiger partial charge in [0.1, 0.15) is 6.23 Å². The number of nitrogens with zero attached hydrogens (tertiary/aromatic N) is 1. The van der Waals surface area contributed by atoms with Crippen LogP contribution in [0.5, 0.6) is 0 Å². The fraction of sp³-hybridized carbons (Fsp3) is 0.222. The summed E-state index contributed by atoms with van der Waals surface area (Å²) in [5, 5.41) is 12.9. The number of hydrogen-bond acceptors (Lipinski definition) is 3. The molecule has 1 heterocycles. The van der Waals surface area contributed by atoms with Crippen LogP contribution in [0.25, 0.3) is 0 Å². The van der Waals surface area contributed by atoms with Crippen molar-refractivity contribution in [2.45, 2.75) is 25.1 Å². The maximum atomic E-state index is 13.3. The van der Waals surface area contributed by atoms with Gasteiger partial charge in [0.2, 0.25) is 0 Å². The number of urea groups is 1. The first-order chi connectivity index (χ1) is 11.9. The highest BCUT2D eigenvalue weighted by molar-refractivity contribution is 9.10. The maximum absolute atomic E-state index is 13.3. The van der Waals surface area contributed by atoms with Crippen molar-refractivity contribution < 1.29 is 14.7 Å². The van der Waals surface area contributed by atoms with E-state index < -0.39 is 23.7 Å². The number of imide groups is 1. The Balaban J connectivity index is 2.20. The molecule has 1 atom stereocenters. The predicted molar refractivity (Wildman–Crippen MR) is 101 cm³/mol. The van der Waals surface area contributed by atoms with Gasteiger partial charge in [0.15, 0.2) is 5.54 Å². The molecule has 2 aromatic rings. The van der Waals surface area contributed by atoms with Gasteiger partial charge in [-0.2, -0.15) is 0 Å². The lowest BCUT2D eigenvalue weighted by molar-refractivity contribution is -0.137. The number of aliphatic hydroxyl groups is 1. The zero-order chi connectivity index (χ0) is 18.2. The highest BCUT2D eigenvalue weighted by Gasteiger charge is 2.55. The van der Waals surface area contributed by atoms with E-state index in [9.17, 15) is 14.7 Å². The number of carbonyl (C=O) groups excluding carboxylic acids is 2. The van der Waals surface area contributed by atoms with Crippen LogP contribution in [0.3, 0.4) is 0 Å². The molecule has 1 unspecified atom stereocenters. The van der Waals surface area contributed by atoms with Gasteiger partial charge in [-0.25, -0.2) is 9.69 Å². The smallest absolute Gasteiger partial charge is 0.327 e. The third-order valence-corrected chi connectivity index (χ3v) is 5.33. The number of benzene rings is 2. The molecular weight excluding hydrogens is 452 g/mol. The van der Waals surface area contributed by atoms with Crippen molar-refractivity contribution in [2.75, 3.05) is 0 Å². The molecule has 5 nitrogen and oxygen atoms in total. The fourth-order valence-electron chi connectivity index (χ4n) is 2.96. The molecule has 1 aliphatic heterocycles. The van der Waals surface area contributed by atoms with Crippen molar-refractivity contribution >= 4 is 43.8 Å². The number of amides is 3. The number of aliphatic hydroxyl groups excluding tert-OH is 1. The first-order valence-corrected chi connectivity index (χ1v) is 9.34. The maximum Gasteiger partial charge on any atom is 0.327 e. The molecule has 1 fully saturated rings. The van der Waals surface area contributed by atoms with Gasteiger partial charge in [-0.1, -0.05) is 63.0 Å². The summed E-state index contributed by atoms with van der Waals surface area (Å²) in [6.45, 7) is 1.71. The second kappa shape index (κ2) is 6.90. The number of rotatable bonds is 4. The molecule has 0 saturated carbocycles. The molecular formula is C18H16Br2N2O3. The van der Waals surface area contributed by atoms with Gasteiger partial charge < -0.3 is 10.4 Å². The molecule has 3 rings (SSSR count). The summed E-state index contributed by atoms with van der Waals surface area (Å²) < 4.78 is 1.73. The summed E-state index contributed by atoms with van der Waals surface area (Å²) in [5.74, 6) is -0.489. The second-order valence-corrected chi connectivity index (χ2v) is 7.59. The Labute approximate surface area is 162 Å². The molecule has 0 aliphatic carbocycles. The molecule has 2 N–H and O–H groups in total. The van der Waals surface area contributed by atoms with Gasteiger partial charge in [-0.05, 0) is 41.8 Å². The second-order valence-electron chi connectivity index (χ2n) is 5.76. The van der Waals surface area contributed by atoms with Crippen molar-refractivity contribution in [3.63, 3.8) is 0 Å². The Morgan fingerprint density at radius 2 is 1.44 bits per heavy atom. The van der Waals surface area contributed by atoms with Crippen molar-refractivity contribution in [2.24, 2.45) is 0 Å². The molecule has 1 saturated heterocycles. The Morgan fingerprint density at radius 3 is 1.84 bits per heavy atom. The molecule has 1 aliphatic rings. The van der Waals surface area contributed by atoms with Crippen molar-refractivity contribution in [3.05, 3.63) is 68.6 Å². The average Bonchev–Trinajstić information content (AvgIpc) is 2.87. The van der Waals surface area contributed by atoms with Gasteiger partial charge in [0.25, 0.3) is 5.91 Å². The lowest BCUT2D eigenvalue weighted by atomic mass is 9.82. The lowest BCUT2D eigenvalue weighted by Crippen LogP contribution is -2.46. The average molecular weight is 468 g/mol. The predicted octanol–water partition coefficient (Wildman–Crippen LogP) is 3.74. The minimum Gasteiger partial charge on any atom is -0.373 e. The summed E-state index contributed by atoms with van der Waals surface area (Å²) in [6, 6.07) is 13.8. The van der Waals surface area contributed by atoms with E-state index in [1.165, 1.54) is 0 Å². The van der Waals surface area contributed by atoms with E-state index in [0.29, 0.717) is 11.1 Å². The first kappa shape index (κ1) is 18.1. The number of hydrogen-bond donors (Lipinski definition) is 2. The van der Waals surface area contributed by atoms with Crippen LogP contribution in [-0.4, -0.2) is 28.2 Å². The van der Waals surface area contributed by atoms with E-state index in [0.717, 1.165) is 13.8 Å². The Hall–Kier alpha value is -1.70. The highest BCUT2D eigenvalue weighted by Crippen LogP contribution is 2.37. The minimum atomic E-state index is -1.37. The number of halogens is 2. The van der Waals surface area contributed by atoms with Crippen LogP contribution in [0.2, 0.25) is 0 Å². The zero-order valence-electron chi connectivity index (χ0n) is 13.4. The van der Waals surface area contributed by atoms with Crippen molar-refractivity contribution in [3.8, 4) is 0 Å². The van der Waals surface area contributed by atoms with Crippen LogP contribution < -0.4 is 5.32 Å². The summed E-state index contributed by atoms with van der Waals surface area (Å²) in [4.78, 5) is 26.7. The SMILES string of the molecule is CCC(O)N1C(=O)NC(c2ccc(Br)cc2)(c2ccc(Br)cc2)C1=O. The van der Waals surface area contributed by atoms with Gasteiger partial charge in [-0.3, -0.25) is 4.79 Å². The van der Waals surface area contributed by atoms with Crippen LogP contribution in [-0.2, 0) is 10.3 Å². The molecule has 0 spiro atoms. The summed E-state index contributed by atoms with van der Waals surface area (Å²) in [5.41, 5.74) is -0.112.